The molecular weight excluding hydrogens is 306 g/mol. The standard InChI is InChI=1S/C17H27N5O2/c1-20-8-9-22(12-17(20)24)16-11-15(18-13-19-16)21-6-2-3-14(4-7-21)5-10-23/h11,13-14,23H,2-10,12H2,1H3. The van der Waals surface area contributed by atoms with Gasteiger partial charge in [-0.2, -0.15) is 0 Å². The van der Waals surface area contributed by atoms with Crippen LogP contribution in [0.5, 0.6) is 0 Å². The van der Waals surface area contributed by atoms with E-state index in [0.29, 0.717) is 12.5 Å². The van der Waals surface area contributed by atoms with Crippen LogP contribution >= 0.6 is 0 Å². The van der Waals surface area contributed by atoms with E-state index in [4.69, 9.17) is 5.11 Å². The second-order valence-corrected chi connectivity index (χ2v) is 6.77. The number of aliphatic hydroxyl groups excluding tert-OH is 1. The minimum atomic E-state index is 0.128. The summed E-state index contributed by atoms with van der Waals surface area (Å²) in [6.07, 6.45) is 5.88. The summed E-state index contributed by atoms with van der Waals surface area (Å²) in [4.78, 5) is 26.8. The Morgan fingerprint density at radius 1 is 1.12 bits per heavy atom. The molecular formula is C17H27N5O2. The molecule has 1 atom stereocenters. The van der Waals surface area contributed by atoms with E-state index in [1.165, 1.54) is 6.42 Å². The average Bonchev–Trinajstić information content (AvgIpc) is 2.84. The van der Waals surface area contributed by atoms with E-state index in [2.05, 4.69) is 14.9 Å². The van der Waals surface area contributed by atoms with Crippen molar-refractivity contribution in [3.8, 4) is 0 Å². The highest BCUT2D eigenvalue weighted by Crippen LogP contribution is 2.25. The van der Waals surface area contributed by atoms with E-state index in [9.17, 15) is 4.79 Å². The Kier molecular flexibility index (Phi) is 5.50. The van der Waals surface area contributed by atoms with Gasteiger partial charge >= 0.3 is 0 Å². The van der Waals surface area contributed by atoms with Crippen LogP contribution in [0.3, 0.4) is 0 Å². The number of carbonyl (C=O) groups excluding carboxylic acids is 1. The van der Waals surface area contributed by atoms with Gasteiger partial charge in [-0.1, -0.05) is 0 Å². The van der Waals surface area contributed by atoms with Gasteiger partial charge in [0.15, 0.2) is 0 Å². The Balaban J connectivity index is 1.68. The predicted molar refractivity (Wildman–Crippen MR) is 93.1 cm³/mol. The van der Waals surface area contributed by atoms with Crippen LogP contribution in [-0.2, 0) is 4.79 Å². The van der Waals surface area contributed by atoms with E-state index in [-0.39, 0.29) is 12.5 Å². The van der Waals surface area contributed by atoms with Crippen molar-refractivity contribution in [3.05, 3.63) is 12.4 Å². The quantitative estimate of drug-likeness (QED) is 0.876. The lowest BCUT2D eigenvalue weighted by atomic mass is 9.98. The number of likely N-dealkylation sites (N-methyl/N-ethyl adjacent to an activating group) is 1. The molecule has 3 heterocycles. The Morgan fingerprint density at radius 3 is 2.67 bits per heavy atom. The first-order valence-corrected chi connectivity index (χ1v) is 8.84. The van der Waals surface area contributed by atoms with Gasteiger partial charge in [0.25, 0.3) is 0 Å². The third-order valence-corrected chi connectivity index (χ3v) is 5.13. The number of rotatable bonds is 4. The second-order valence-electron chi connectivity index (χ2n) is 6.77. The molecule has 0 aromatic carbocycles. The molecule has 0 radical (unpaired) electrons. The highest BCUT2D eigenvalue weighted by atomic mass is 16.3. The van der Waals surface area contributed by atoms with E-state index in [0.717, 1.165) is 57.1 Å². The second kappa shape index (κ2) is 7.79. The van der Waals surface area contributed by atoms with Gasteiger partial charge in [-0.25, -0.2) is 9.97 Å². The first-order valence-electron chi connectivity index (χ1n) is 8.84. The molecule has 0 bridgehead atoms. The molecule has 7 nitrogen and oxygen atoms in total. The molecule has 1 amide bonds. The summed E-state index contributed by atoms with van der Waals surface area (Å²) in [6.45, 7) is 4.14. The molecule has 2 fully saturated rings. The summed E-state index contributed by atoms with van der Waals surface area (Å²) >= 11 is 0. The van der Waals surface area contributed by atoms with E-state index >= 15 is 0 Å². The van der Waals surface area contributed by atoms with Crippen LogP contribution in [0.2, 0.25) is 0 Å². The van der Waals surface area contributed by atoms with Crippen molar-refractivity contribution in [1.82, 2.24) is 14.9 Å². The normalized spacial score (nSPS) is 22.7. The summed E-state index contributed by atoms with van der Waals surface area (Å²) in [5, 5.41) is 9.14. The van der Waals surface area contributed by atoms with Crippen molar-refractivity contribution in [3.63, 3.8) is 0 Å². The molecule has 1 N–H and O–H groups in total. The van der Waals surface area contributed by atoms with Crippen LogP contribution in [0.15, 0.2) is 12.4 Å². The highest BCUT2D eigenvalue weighted by Gasteiger charge is 2.23. The lowest BCUT2D eigenvalue weighted by molar-refractivity contribution is -0.129. The Bertz CT molecular complexity index is 568. The molecule has 1 aromatic rings. The number of aromatic nitrogens is 2. The molecule has 1 aromatic heterocycles. The highest BCUT2D eigenvalue weighted by molar-refractivity contribution is 5.82. The van der Waals surface area contributed by atoms with Crippen molar-refractivity contribution in [2.24, 2.45) is 5.92 Å². The molecule has 7 heteroatoms. The van der Waals surface area contributed by atoms with Gasteiger partial charge in [-0.3, -0.25) is 4.79 Å². The summed E-state index contributed by atoms with van der Waals surface area (Å²) < 4.78 is 0. The zero-order valence-corrected chi connectivity index (χ0v) is 14.4. The van der Waals surface area contributed by atoms with Gasteiger partial charge in [0.1, 0.15) is 18.0 Å². The summed E-state index contributed by atoms with van der Waals surface area (Å²) in [5.41, 5.74) is 0. The minimum Gasteiger partial charge on any atom is -0.396 e. The first-order chi connectivity index (χ1) is 11.7. The van der Waals surface area contributed by atoms with Crippen molar-refractivity contribution in [2.45, 2.75) is 25.7 Å². The molecule has 24 heavy (non-hydrogen) atoms. The Labute approximate surface area is 143 Å². The fourth-order valence-electron chi connectivity index (χ4n) is 3.50. The summed E-state index contributed by atoms with van der Waals surface area (Å²) in [6, 6.07) is 2.00. The number of piperazine rings is 1. The number of amides is 1. The molecule has 3 rings (SSSR count). The lowest BCUT2D eigenvalue weighted by Crippen LogP contribution is -2.48. The van der Waals surface area contributed by atoms with Crippen molar-refractivity contribution < 1.29 is 9.90 Å². The van der Waals surface area contributed by atoms with Crippen LogP contribution < -0.4 is 9.80 Å². The average molecular weight is 333 g/mol. The molecule has 0 spiro atoms. The van der Waals surface area contributed by atoms with Crippen LogP contribution in [0.1, 0.15) is 25.7 Å². The predicted octanol–water partition coefficient (Wildman–Crippen LogP) is 0.744. The van der Waals surface area contributed by atoms with E-state index in [1.54, 1.807) is 11.2 Å². The fraction of sp³-hybridized carbons (Fsp3) is 0.706. The summed E-state index contributed by atoms with van der Waals surface area (Å²) in [7, 11) is 1.84. The maximum atomic E-state index is 11.9. The smallest absolute Gasteiger partial charge is 0.241 e. The fourth-order valence-corrected chi connectivity index (χ4v) is 3.50. The molecule has 2 saturated heterocycles. The third kappa shape index (κ3) is 3.95. The van der Waals surface area contributed by atoms with Crippen molar-refractivity contribution >= 4 is 17.5 Å². The topological polar surface area (TPSA) is 72.8 Å². The van der Waals surface area contributed by atoms with Gasteiger partial charge < -0.3 is 19.8 Å². The van der Waals surface area contributed by atoms with Crippen molar-refractivity contribution in [1.29, 1.82) is 0 Å². The van der Waals surface area contributed by atoms with Gasteiger partial charge in [0.2, 0.25) is 5.91 Å². The van der Waals surface area contributed by atoms with Crippen LogP contribution in [0, 0.1) is 5.92 Å². The molecule has 0 aliphatic carbocycles. The minimum absolute atomic E-state index is 0.128. The third-order valence-electron chi connectivity index (χ3n) is 5.13. The van der Waals surface area contributed by atoms with Crippen LogP contribution in [-0.4, -0.2) is 72.3 Å². The largest absolute Gasteiger partial charge is 0.396 e. The van der Waals surface area contributed by atoms with Crippen LogP contribution in [0.25, 0.3) is 0 Å². The zero-order chi connectivity index (χ0) is 16.9. The monoisotopic (exact) mass is 333 g/mol. The Hall–Kier alpha value is -1.89. The van der Waals surface area contributed by atoms with Crippen molar-refractivity contribution in [2.75, 3.05) is 56.2 Å². The van der Waals surface area contributed by atoms with Gasteiger partial charge in [-0.05, 0) is 31.6 Å². The number of nitrogens with zero attached hydrogens (tertiary/aromatic N) is 5. The molecule has 0 saturated carbocycles. The number of anilines is 2. The molecule has 132 valence electrons. The zero-order valence-electron chi connectivity index (χ0n) is 14.4. The maximum Gasteiger partial charge on any atom is 0.241 e. The molecule has 2 aliphatic heterocycles. The van der Waals surface area contributed by atoms with E-state index in [1.807, 2.05) is 18.0 Å². The number of aliphatic hydroxyl groups is 1. The number of hydrogen-bond donors (Lipinski definition) is 1. The molecule has 1 unspecified atom stereocenters. The van der Waals surface area contributed by atoms with Gasteiger partial charge in [0.05, 0.1) is 6.54 Å². The first kappa shape index (κ1) is 17.0. The Morgan fingerprint density at radius 2 is 1.92 bits per heavy atom. The summed E-state index contributed by atoms with van der Waals surface area (Å²) in [5.74, 6) is 2.51. The maximum absolute atomic E-state index is 11.9. The molecule has 2 aliphatic rings. The van der Waals surface area contributed by atoms with Crippen LogP contribution in [0.4, 0.5) is 11.6 Å². The van der Waals surface area contributed by atoms with E-state index < -0.39 is 0 Å². The lowest BCUT2D eigenvalue weighted by Gasteiger charge is -2.33. The van der Waals surface area contributed by atoms with Gasteiger partial charge in [-0.15, -0.1) is 0 Å². The SMILES string of the molecule is CN1CCN(c2cc(N3CCCC(CCO)CC3)ncn2)CC1=O. The van der Waals surface area contributed by atoms with Gasteiger partial charge in [0, 0.05) is 45.9 Å². The number of hydrogen-bond acceptors (Lipinski definition) is 6. The number of carbonyl (C=O) groups is 1.